The summed E-state index contributed by atoms with van der Waals surface area (Å²) in [7, 11) is 0. The second-order valence-corrected chi connectivity index (χ2v) is 5.49. The van der Waals surface area contributed by atoms with Crippen molar-refractivity contribution in [2.24, 2.45) is 0 Å². The van der Waals surface area contributed by atoms with Crippen LogP contribution in [0.1, 0.15) is 10.8 Å². The van der Waals surface area contributed by atoms with Crippen LogP contribution in [0.25, 0.3) is 11.0 Å². The Morgan fingerprint density at radius 2 is 2.22 bits per heavy atom. The molecule has 0 N–H and O–H groups in total. The predicted molar refractivity (Wildman–Crippen MR) is 75.5 cm³/mol. The average molecular weight is 298 g/mol. The van der Waals surface area contributed by atoms with Gasteiger partial charge in [0.1, 0.15) is 10.8 Å². The minimum Gasteiger partial charge on any atom is -0.320 e. The van der Waals surface area contributed by atoms with Gasteiger partial charge in [0.05, 0.1) is 23.5 Å². The van der Waals surface area contributed by atoms with Crippen molar-refractivity contribution in [1.29, 1.82) is 0 Å². The van der Waals surface area contributed by atoms with Crippen molar-refractivity contribution in [3.63, 3.8) is 0 Å². The molecule has 3 nitrogen and oxygen atoms in total. The molecule has 2 aromatic heterocycles. The van der Waals surface area contributed by atoms with E-state index in [1.807, 2.05) is 23.6 Å². The lowest BCUT2D eigenvalue weighted by Gasteiger charge is -2.04. The third-order valence-corrected chi connectivity index (χ3v) is 3.92. The van der Waals surface area contributed by atoms with Gasteiger partial charge in [0.2, 0.25) is 0 Å². The number of rotatable bonds is 3. The fraction of sp³-hybridized carbons (Fsp3) is 0.167. The maximum atomic E-state index is 5.97. The summed E-state index contributed by atoms with van der Waals surface area (Å²) in [5.41, 5.74) is 1.90. The summed E-state index contributed by atoms with van der Waals surface area (Å²) >= 11 is 13.5. The van der Waals surface area contributed by atoms with Crippen LogP contribution in [0.2, 0.25) is 5.02 Å². The van der Waals surface area contributed by atoms with Crippen LogP contribution in [-0.4, -0.2) is 14.5 Å². The van der Waals surface area contributed by atoms with Crippen molar-refractivity contribution in [2.45, 2.75) is 12.4 Å². The molecule has 0 radical (unpaired) electrons. The summed E-state index contributed by atoms with van der Waals surface area (Å²) in [4.78, 5) is 8.79. The SMILES string of the molecule is ClCc1nc2cc(Cl)ccc2n1Cc1nccs1. The number of benzene rings is 1. The number of hydrogen-bond acceptors (Lipinski definition) is 3. The molecular formula is C12H9Cl2N3S. The van der Waals surface area contributed by atoms with E-state index in [1.54, 1.807) is 17.5 Å². The molecule has 0 aliphatic heterocycles. The molecule has 18 heavy (non-hydrogen) atoms. The number of nitrogens with zero attached hydrogens (tertiary/aromatic N) is 3. The number of alkyl halides is 1. The Hall–Kier alpha value is -1.10. The van der Waals surface area contributed by atoms with Crippen molar-refractivity contribution in [3.8, 4) is 0 Å². The van der Waals surface area contributed by atoms with E-state index in [0.717, 1.165) is 21.9 Å². The number of thiazole rings is 1. The fourth-order valence-electron chi connectivity index (χ4n) is 1.90. The average Bonchev–Trinajstić information content (AvgIpc) is 2.97. The highest BCUT2D eigenvalue weighted by molar-refractivity contribution is 7.09. The maximum Gasteiger partial charge on any atom is 0.125 e. The number of aromatic nitrogens is 3. The Kier molecular flexibility index (Phi) is 3.24. The van der Waals surface area contributed by atoms with Crippen LogP contribution in [-0.2, 0) is 12.4 Å². The molecule has 0 saturated heterocycles. The Morgan fingerprint density at radius 1 is 1.33 bits per heavy atom. The number of fused-ring (bicyclic) bond motifs is 1. The highest BCUT2D eigenvalue weighted by Gasteiger charge is 2.11. The molecule has 0 spiro atoms. The molecule has 0 aliphatic rings. The molecule has 0 fully saturated rings. The van der Waals surface area contributed by atoms with Crippen LogP contribution >= 0.6 is 34.5 Å². The second-order valence-electron chi connectivity index (χ2n) is 3.81. The third-order valence-electron chi connectivity index (χ3n) is 2.69. The first-order valence-corrected chi connectivity index (χ1v) is 7.16. The highest BCUT2D eigenvalue weighted by atomic mass is 35.5. The minimum absolute atomic E-state index is 0.373. The Bertz CT molecular complexity index is 676. The highest BCUT2D eigenvalue weighted by Crippen LogP contribution is 2.23. The zero-order valence-corrected chi connectivity index (χ0v) is 11.6. The van der Waals surface area contributed by atoms with E-state index in [4.69, 9.17) is 23.2 Å². The third kappa shape index (κ3) is 2.11. The zero-order chi connectivity index (χ0) is 12.5. The predicted octanol–water partition coefficient (Wildman–Crippen LogP) is 3.93. The van der Waals surface area contributed by atoms with E-state index in [1.165, 1.54) is 0 Å². The van der Waals surface area contributed by atoms with Crippen molar-refractivity contribution in [3.05, 3.63) is 45.6 Å². The lowest BCUT2D eigenvalue weighted by Crippen LogP contribution is -2.03. The normalized spacial score (nSPS) is 11.2. The lowest BCUT2D eigenvalue weighted by molar-refractivity contribution is 0.773. The van der Waals surface area contributed by atoms with Gasteiger partial charge in [0.15, 0.2) is 0 Å². The van der Waals surface area contributed by atoms with Gasteiger partial charge in [-0.05, 0) is 18.2 Å². The van der Waals surface area contributed by atoms with Crippen LogP contribution in [0.5, 0.6) is 0 Å². The summed E-state index contributed by atoms with van der Waals surface area (Å²) in [6.07, 6.45) is 1.80. The molecule has 2 heterocycles. The Labute approximate surface area is 118 Å². The topological polar surface area (TPSA) is 30.7 Å². The van der Waals surface area contributed by atoms with E-state index in [2.05, 4.69) is 14.5 Å². The van der Waals surface area contributed by atoms with Crippen LogP contribution < -0.4 is 0 Å². The summed E-state index contributed by atoms with van der Waals surface area (Å²) in [5, 5.41) is 3.68. The molecule has 0 bridgehead atoms. The molecule has 1 aromatic carbocycles. The maximum absolute atomic E-state index is 5.97. The molecule has 92 valence electrons. The standard InChI is InChI=1S/C12H9Cl2N3S/c13-6-11-16-9-5-8(14)1-2-10(9)17(11)7-12-15-3-4-18-12/h1-5H,6-7H2. The van der Waals surface area contributed by atoms with Gasteiger partial charge in [-0.1, -0.05) is 11.6 Å². The zero-order valence-electron chi connectivity index (χ0n) is 9.31. The summed E-state index contributed by atoms with van der Waals surface area (Å²) in [6, 6.07) is 5.68. The van der Waals surface area contributed by atoms with Crippen LogP contribution in [0.4, 0.5) is 0 Å². The molecule has 0 aliphatic carbocycles. The van der Waals surface area contributed by atoms with Gasteiger partial charge in [-0.15, -0.1) is 22.9 Å². The summed E-state index contributed by atoms with van der Waals surface area (Å²) < 4.78 is 2.08. The van der Waals surface area contributed by atoms with E-state index in [-0.39, 0.29) is 0 Å². The van der Waals surface area contributed by atoms with E-state index in [0.29, 0.717) is 17.4 Å². The van der Waals surface area contributed by atoms with E-state index < -0.39 is 0 Å². The largest absolute Gasteiger partial charge is 0.320 e. The van der Waals surface area contributed by atoms with Crippen molar-refractivity contribution >= 4 is 45.6 Å². The van der Waals surface area contributed by atoms with Crippen molar-refractivity contribution in [1.82, 2.24) is 14.5 Å². The molecule has 6 heteroatoms. The number of hydrogen-bond donors (Lipinski definition) is 0. The van der Waals surface area contributed by atoms with Crippen molar-refractivity contribution in [2.75, 3.05) is 0 Å². The van der Waals surface area contributed by atoms with Gasteiger partial charge in [-0.2, -0.15) is 0 Å². The summed E-state index contributed by atoms with van der Waals surface area (Å²) in [6.45, 7) is 0.692. The van der Waals surface area contributed by atoms with Gasteiger partial charge >= 0.3 is 0 Å². The van der Waals surface area contributed by atoms with Crippen LogP contribution in [0.3, 0.4) is 0 Å². The Balaban J connectivity index is 2.13. The monoisotopic (exact) mass is 297 g/mol. The van der Waals surface area contributed by atoms with Crippen LogP contribution in [0, 0.1) is 0 Å². The summed E-state index contributed by atoms with van der Waals surface area (Å²) in [5.74, 6) is 1.21. The van der Waals surface area contributed by atoms with Gasteiger partial charge in [0.25, 0.3) is 0 Å². The molecule has 0 unspecified atom stereocenters. The van der Waals surface area contributed by atoms with Crippen molar-refractivity contribution < 1.29 is 0 Å². The first kappa shape index (κ1) is 12.0. The molecule has 0 atom stereocenters. The second kappa shape index (κ2) is 4.88. The Morgan fingerprint density at radius 3 is 2.94 bits per heavy atom. The molecule has 3 rings (SSSR count). The molecular weight excluding hydrogens is 289 g/mol. The van der Waals surface area contributed by atoms with Gasteiger partial charge in [-0.3, -0.25) is 0 Å². The molecule has 0 saturated carbocycles. The van der Waals surface area contributed by atoms with Gasteiger partial charge < -0.3 is 4.57 Å². The number of imidazole rings is 1. The lowest BCUT2D eigenvalue weighted by atomic mass is 10.3. The number of halogens is 2. The molecule has 0 amide bonds. The minimum atomic E-state index is 0.373. The molecule has 3 aromatic rings. The first-order chi connectivity index (χ1) is 8.78. The van der Waals surface area contributed by atoms with E-state index in [9.17, 15) is 0 Å². The fourth-order valence-corrected chi connectivity index (χ4v) is 2.87. The van der Waals surface area contributed by atoms with Crippen LogP contribution in [0.15, 0.2) is 29.8 Å². The quantitative estimate of drug-likeness (QED) is 0.686. The van der Waals surface area contributed by atoms with Gasteiger partial charge in [0, 0.05) is 16.6 Å². The smallest absolute Gasteiger partial charge is 0.125 e. The van der Waals surface area contributed by atoms with Gasteiger partial charge in [-0.25, -0.2) is 9.97 Å². The first-order valence-electron chi connectivity index (χ1n) is 5.37. The van der Waals surface area contributed by atoms with E-state index >= 15 is 0 Å².